The highest BCUT2D eigenvalue weighted by atomic mass is 79.9. The van der Waals surface area contributed by atoms with Gasteiger partial charge in [-0.1, -0.05) is 22.9 Å². The van der Waals surface area contributed by atoms with Gasteiger partial charge in [0.2, 0.25) is 5.91 Å². The van der Waals surface area contributed by atoms with E-state index in [1.54, 1.807) is 13.2 Å². The highest BCUT2D eigenvalue weighted by Gasteiger charge is 2.15. The second-order valence-electron chi connectivity index (χ2n) is 7.05. The molecular formula is C22H24Br2N2O2. The molecule has 0 bridgehead atoms. The standard InChI is InChI=1S/C22H24Br2N2O2/c1-15-9-11-26(12-10-15)19-6-4-18(5-7-19)25-21(27)8-3-16-13-17(23)14-20(24)22(16)28-2/h3-8,13-15H,9-12H2,1-2H3,(H,25,27)/b8-3+. The van der Waals surface area contributed by atoms with Crippen LogP contribution < -0.4 is 15.0 Å². The summed E-state index contributed by atoms with van der Waals surface area (Å²) in [4.78, 5) is 14.7. The Morgan fingerprint density at radius 2 is 1.86 bits per heavy atom. The Hall–Kier alpha value is -1.79. The fraction of sp³-hybridized carbons (Fsp3) is 0.318. The number of rotatable bonds is 5. The highest BCUT2D eigenvalue weighted by molar-refractivity contribution is 9.11. The molecule has 1 aliphatic rings. The normalized spacial score (nSPS) is 15.1. The van der Waals surface area contributed by atoms with E-state index in [-0.39, 0.29) is 5.91 Å². The molecule has 1 heterocycles. The maximum Gasteiger partial charge on any atom is 0.248 e. The van der Waals surface area contributed by atoms with Crippen molar-refractivity contribution in [3.8, 4) is 5.75 Å². The first-order valence-corrected chi connectivity index (χ1v) is 10.9. The van der Waals surface area contributed by atoms with E-state index in [4.69, 9.17) is 4.74 Å². The minimum absolute atomic E-state index is 0.183. The number of piperidine rings is 1. The minimum Gasteiger partial charge on any atom is -0.495 e. The van der Waals surface area contributed by atoms with E-state index in [0.29, 0.717) is 5.75 Å². The van der Waals surface area contributed by atoms with Crippen LogP contribution in [0.5, 0.6) is 5.75 Å². The average molecular weight is 508 g/mol. The molecule has 148 valence electrons. The van der Waals surface area contributed by atoms with Crippen molar-refractivity contribution >= 4 is 55.2 Å². The van der Waals surface area contributed by atoms with Crippen LogP contribution in [0.4, 0.5) is 11.4 Å². The van der Waals surface area contributed by atoms with Gasteiger partial charge >= 0.3 is 0 Å². The number of ether oxygens (including phenoxy) is 1. The predicted octanol–water partition coefficient (Wildman–Crippen LogP) is 6.11. The molecule has 0 radical (unpaired) electrons. The molecule has 0 aromatic heterocycles. The van der Waals surface area contributed by atoms with Crippen molar-refractivity contribution in [1.82, 2.24) is 0 Å². The Labute approximate surface area is 183 Å². The fourth-order valence-electron chi connectivity index (χ4n) is 3.29. The zero-order valence-corrected chi connectivity index (χ0v) is 19.2. The van der Waals surface area contributed by atoms with Gasteiger partial charge < -0.3 is 15.0 Å². The van der Waals surface area contributed by atoms with Crippen LogP contribution in [0.25, 0.3) is 6.08 Å². The molecule has 4 nitrogen and oxygen atoms in total. The number of benzene rings is 2. The first kappa shape index (κ1) is 20.9. The highest BCUT2D eigenvalue weighted by Crippen LogP contribution is 2.33. The van der Waals surface area contributed by atoms with Crippen LogP contribution in [0.3, 0.4) is 0 Å². The van der Waals surface area contributed by atoms with Gasteiger partial charge in [0, 0.05) is 40.6 Å². The van der Waals surface area contributed by atoms with Crippen LogP contribution in [-0.4, -0.2) is 26.1 Å². The summed E-state index contributed by atoms with van der Waals surface area (Å²) in [5.74, 6) is 1.32. The van der Waals surface area contributed by atoms with E-state index in [9.17, 15) is 4.79 Å². The summed E-state index contributed by atoms with van der Waals surface area (Å²) >= 11 is 6.92. The molecule has 0 saturated carbocycles. The zero-order valence-electron chi connectivity index (χ0n) is 16.0. The lowest BCUT2D eigenvalue weighted by Crippen LogP contribution is -2.32. The van der Waals surface area contributed by atoms with Gasteiger partial charge in [0.05, 0.1) is 11.6 Å². The van der Waals surface area contributed by atoms with Gasteiger partial charge in [0.15, 0.2) is 0 Å². The monoisotopic (exact) mass is 506 g/mol. The maximum atomic E-state index is 12.3. The van der Waals surface area contributed by atoms with Crippen LogP contribution >= 0.6 is 31.9 Å². The van der Waals surface area contributed by atoms with Crippen LogP contribution in [0, 0.1) is 5.92 Å². The predicted molar refractivity (Wildman–Crippen MR) is 123 cm³/mol. The SMILES string of the molecule is COc1c(Br)cc(Br)cc1/C=C/C(=O)Nc1ccc(N2CCC(C)CC2)cc1. The molecule has 0 atom stereocenters. The van der Waals surface area contributed by atoms with Crippen molar-refractivity contribution in [2.24, 2.45) is 5.92 Å². The van der Waals surface area contributed by atoms with Crippen molar-refractivity contribution in [3.63, 3.8) is 0 Å². The minimum atomic E-state index is -0.183. The van der Waals surface area contributed by atoms with Gasteiger partial charge in [-0.3, -0.25) is 4.79 Å². The lowest BCUT2D eigenvalue weighted by atomic mass is 9.99. The summed E-state index contributed by atoms with van der Waals surface area (Å²) in [6, 6.07) is 11.9. The Balaban J connectivity index is 1.63. The van der Waals surface area contributed by atoms with E-state index in [1.807, 2.05) is 24.3 Å². The first-order chi connectivity index (χ1) is 13.5. The summed E-state index contributed by atoms with van der Waals surface area (Å²) in [5, 5.41) is 2.91. The molecule has 2 aromatic rings. The Kier molecular flexibility index (Phi) is 7.18. The third-order valence-corrected chi connectivity index (χ3v) is 5.99. The first-order valence-electron chi connectivity index (χ1n) is 9.33. The number of hydrogen-bond acceptors (Lipinski definition) is 3. The second-order valence-corrected chi connectivity index (χ2v) is 8.82. The number of nitrogens with one attached hydrogen (secondary N) is 1. The smallest absolute Gasteiger partial charge is 0.248 e. The topological polar surface area (TPSA) is 41.6 Å². The molecule has 1 amide bonds. The van der Waals surface area contributed by atoms with E-state index >= 15 is 0 Å². The van der Waals surface area contributed by atoms with Crippen molar-refractivity contribution in [1.29, 1.82) is 0 Å². The number of carbonyl (C=O) groups is 1. The molecule has 28 heavy (non-hydrogen) atoms. The number of carbonyl (C=O) groups excluding carboxylic acids is 1. The molecule has 1 fully saturated rings. The number of halogens is 2. The Morgan fingerprint density at radius 3 is 2.50 bits per heavy atom. The quantitative estimate of drug-likeness (QED) is 0.496. The van der Waals surface area contributed by atoms with Gasteiger partial charge in [-0.25, -0.2) is 0 Å². The van der Waals surface area contributed by atoms with Gasteiger partial charge in [0.25, 0.3) is 0 Å². The summed E-state index contributed by atoms with van der Waals surface area (Å²) in [6.45, 7) is 4.51. The molecule has 6 heteroatoms. The molecular weight excluding hydrogens is 484 g/mol. The van der Waals surface area contributed by atoms with Gasteiger partial charge in [0.1, 0.15) is 5.75 Å². The van der Waals surface area contributed by atoms with E-state index in [1.165, 1.54) is 24.6 Å². The molecule has 0 unspecified atom stereocenters. The van der Waals surface area contributed by atoms with Crippen molar-refractivity contribution in [2.75, 3.05) is 30.4 Å². The third-order valence-electron chi connectivity index (χ3n) is 4.94. The second kappa shape index (κ2) is 9.61. The molecule has 1 N–H and O–H groups in total. The van der Waals surface area contributed by atoms with E-state index < -0.39 is 0 Å². The summed E-state index contributed by atoms with van der Waals surface area (Å²) in [6.07, 6.45) is 5.72. The van der Waals surface area contributed by atoms with Crippen LogP contribution in [0.1, 0.15) is 25.3 Å². The van der Waals surface area contributed by atoms with Crippen LogP contribution in [-0.2, 0) is 4.79 Å². The number of nitrogens with zero attached hydrogens (tertiary/aromatic N) is 1. The van der Waals surface area contributed by atoms with Gasteiger partial charge in [-0.05, 0) is 77.2 Å². The lowest BCUT2D eigenvalue weighted by molar-refractivity contribution is -0.111. The zero-order chi connectivity index (χ0) is 20.1. The van der Waals surface area contributed by atoms with Crippen LogP contribution in [0.15, 0.2) is 51.4 Å². The third kappa shape index (κ3) is 5.39. The number of anilines is 2. The number of hydrogen-bond donors (Lipinski definition) is 1. The molecule has 0 spiro atoms. The van der Waals surface area contributed by atoms with Crippen molar-refractivity contribution in [3.05, 3.63) is 57.0 Å². The summed E-state index contributed by atoms with van der Waals surface area (Å²) in [7, 11) is 1.61. The maximum absolute atomic E-state index is 12.3. The summed E-state index contributed by atoms with van der Waals surface area (Å²) < 4.78 is 7.14. The van der Waals surface area contributed by atoms with Gasteiger partial charge in [-0.2, -0.15) is 0 Å². The largest absolute Gasteiger partial charge is 0.495 e. The molecule has 3 rings (SSSR count). The number of methoxy groups -OCH3 is 1. The van der Waals surface area contributed by atoms with Crippen molar-refractivity contribution in [2.45, 2.75) is 19.8 Å². The Morgan fingerprint density at radius 1 is 1.18 bits per heavy atom. The Bertz CT molecular complexity index is 858. The summed E-state index contributed by atoms with van der Waals surface area (Å²) in [5.41, 5.74) is 2.81. The molecule has 1 saturated heterocycles. The lowest BCUT2D eigenvalue weighted by Gasteiger charge is -2.32. The van der Waals surface area contributed by atoms with Gasteiger partial charge in [-0.15, -0.1) is 0 Å². The fourth-order valence-corrected chi connectivity index (χ4v) is 4.71. The average Bonchev–Trinajstić information content (AvgIpc) is 2.67. The molecule has 0 aliphatic carbocycles. The molecule has 1 aliphatic heterocycles. The van der Waals surface area contributed by atoms with E-state index in [0.717, 1.165) is 39.2 Å². The van der Waals surface area contributed by atoms with Crippen LogP contribution in [0.2, 0.25) is 0 Å². The van der Waals surface area contributed by atoms with Crippen molar-refractivity contribution < 1.29 is 9.53 Å². The molecule has 2 aromatic carbocycles. The van der Waals surface area contributed by atoms with E-state index in [2.05, 4.69) is 61.1 Å². The number of amides is 1.